The Kier molecular flexibility index (Phi) is 5.92. The van der Waals surface area contributed by atoms with Crippen LogP contribution in [-0.4, -0.2) is 60.6 Å². The number of aryl methyl sites for hydroxylation is 1. The predicted octanol–water partition coefficient (Wildman–Crippen LogP) is 2.55. The van der Waals surface area contributed by atoms with E-state index in [-0.39, 0.29) is 5.91 Å². The number of rotatable bonds is 7. The van der Waals surface area contributed by atoms with Crippen molar-refractivity contribution in [1.29, 1.82) is 0 Å². The lowest BCUT2D eigenvalue weighted by atomic mass is 10.1. The molecule has 0 unspecified atom stereocenters. The number of amides is 1. The van der Waals surface area contributed by atoms with Gasteiger partial charge < -0.3 is 15.4 Å². The van der Waals surface area contributed by atoms with Crippen LogP contribution >= 0.6 is 11.3 Å². The summed E-state index contributed by atoms with van der Waals surface area (Å²) in [6.07, 6.45) is 5.37. The van der Waals surface area contributed by atoms with Crippen molar-refractivity contribution in [3.05, 3.63) is 47.2 Å². The number of nitrogens with two attached hydrogens (primary N) is 1. The maximum atomic E-state index is 11.5. The lowest BCUT2D eigenvalue weighted by molar-refractivity contribution is 0.100. The largest absolute Gasteiger partial charge is 0.491 e. The molecule has 1 saturated heterocycles. The number of thiophene rings is 1. The van der Waals surface area contributed by atoms with Crippen LogP contribution in [0.5, 0.6) is 5.75 Å². The van der Waals surface area contributed by atoms with E-state index in [0.717, 1.165) is 62.5 Å². The highest BCUT2D eigenvalue weighted by atomic mass is 32.1. The summed E-state index contributed by atoms with van der Waals surface area (Å²) in [5.41, 5.74) is 7.31. The number of anilines is 1. The Labute approximate surface area is 174 Å². The number of hydrogen-bond acceptors (Lipinski definition) is 7. The molecule has 4 rings (SSSR count). The van der Waals surface area contributed by atoms with E-state index in [2.05, 4.69) is 25.1 Å². The Morgan fingerprint density at radius 2 is 2.10 bits per heavy atom. The zero-order chi connectivity index (χ0) is 20.2. The highest BCUT2D eigenvalue weighted by Gasteiger charge is 2.20. The first-order valence-electron chi connectivity index (χ1n) is 9.77. The molecule has 29 heavy (non-hydrogen) atoms. The molecule has 7 nitrogen and oxygen atoms in total. The second-order valence-electron chi connectivity index (χ2n) is 7.18. The number of fused-ring (bicyclic) bond motifs is 1. The molecule has 0 aliphatic carbocycles. The molecule has 2 aromatic heterocycles. The smallest absolute Gasteiger partial charge is 0.248 e. The molecule has 0 saturated carbocycles. The van der Waals surface area contributed by atoms with Crippen LogP contribution in [0.15, 0.2) is 36.1 Å². The lowest BCUT2D eigenvalue weighted by Crippen LogP contribution is -2.47. The van der Waals surface area contributed by atoms with Crippen LogP contribution in [0.4, 0.5) is 5.82 Å². The first kappa shape index (κ1) is 19.6. The molecule has 0 radical (unpaired) electrons. The Balaban J connectivity index is 1.31. The van der Waals surface area contributed by atoms with Gasteiger partial charge in [-0.3, -0.25) is 9.69 Å². The maximum absolute atomic E-state index is 11.5. The van der Waals surface area contributed by atoms with E-state index in [1.54, 1.807) is 37.0 Å². The molecule has 1 fully saturated rings. The third kappa shape index (κ3) is 4.33. The molecule has 8 heteroatoms. The zero-order valence-electron chi connectivity index (χ0n) is 16.5. The normalized spacial score (nSPS) is 15.0. The standard InChI is InChI=1S/C21H25N5O2S/c1-28-18-12-23-14-24-21(18)26-9-7-25(8-10-26)6-2-3-16-13-29-19-5-4-15(20(22)27)11-17(16)19/h4-5,11-14H,2-3,6-10H2,1H3,(H2,22,27). The monoisotopic (exact) mass is 411 g/mol. The topological polar surface area (TPSA) is 84.6 Å². The summed E-state index contributed by atoms with van der Waals surface area (Å²) in [7, 11) is 1.65. The number of methoxy groups -OCH3 is 1. The zero-order valence-corrected chi connectivity index (χ0v) is 17.3. The van der Waals surface area contributed by atoms with E-state index in [1.807, 2.05) is 12.1 Å². The van der Waals surface area contributed by atoms with Crippen LogP contribution in [0.1, 0.15) is 22.3 Å². The Bertz CT molecular complexity index is 998. The lowest BCUT2D eigenvalue weighted by Gasteiger charge is -2.35. The fourth-order valence-corrected chi connectivity index (χ4v) is 4.77. The number of piperazine rings is 1. The van der Waals surface area contributed by atoms with Crippen LogP contribution in [0.25, 0.3) is 10.1 Å². The molecule has 1 aliphatic heterocycles. The molecular weight excluding hydrogens is 386 g/mol. The molecule has 152 valence electrons. The van der Waals surface area contributed by atoms with Gasteiger partial charge in [0.05, 0.1) is 13.3 Å². The van der Waals surface area contributed by atoms with E-state index in [0.29, 0.717) is 5.56 Å². The van der Waals surface area contributed by atoms with Gasteiger partial charge in [0.25, 0.3) is 0 Å². The highest BCUT2D eigenvalue weighted by molar-refractivity contribution is 7.17. The van der Waals surface area contributed by atoms with Crippen LogP contribution in [0, 0.1) is 0 Å². The summed E-state index contributed by atoms with van der Waals surface area (Å²) in [5, 5.41) is 3.36. The Hall–Kier alpha value is -2.71. The van der Waals surface area contributed by atoms with Crippen molar-refractivity contribution in [2.75, 3.05) is 44.7 Å². The van der Waals surface area contributed by atoms with E-state index < -0.39 is 0 Å². The molecule has 1 aromatic carbocycles. The van der Waals surface area contributed by atoms with E-state index in [4.69, 9.17) is 10.5 Å². The van der Waals surface area contributed by atoms with Gasteiger partial charge in [-0.2, -0.15) is 0 Å². The molecule has 0 atom stereocenters. The average molecular weight is 412 g/mol. The summed E-state index contributed by atoms with van der Waals surface area (Å²) >= 11 is 1.73. The van der Waals surface area contributed by atoms with Crippen molar-refractivity contribution >= 4 is 33.1 Å². The van der Waals surface area contributed by atoms with Gasteiger partial charge in [-0.25, -0.2) is 9.97 Å². The van der Waals surface area contributed by atoms with Crippen LogP contribution in [-0.2, 0) is 6.42 Å². The highest BCUT2D eigenvalue weighted by Crippen LogP contribution is 2.28. The summed E-state index contributed by atoms with van der Waals surface area (Å²) in [6.45, 7) is 4.92. The number of benzene rings is 1. The molecule has 3 heterocycles. The summed E-state index contributed by atoms with van der Waals surface area (Å²) in [5.74, 6) is 1.22. The van der Waals surface area contributed by atoms with Crippen LogP contribution in [0.2, 0.25) is 0 Å². The van der Waals surface area contributed by atoms with Gasteiger partial charge in [-0.1, -0.05) is 0 Å². The predicted molar refractivity (Wildman–Crippen MR) is 116 cm³/mol. The maximum Gasteiger partial charge on any atom is 0.248 e. The van der Waals surface area contributed by atoms with Crippen molar-refractivity contribution in [3.8, 4) is 5.75 Å². The molecular formula is C21H25N5O2S. The minimum absolute atomic E-state index is 0.373. The number of carbonyl (C=O) groups is 1. The number of carbonyl (C=O) groups excluding carboxylic acids is 1. The number of nitrogens with zero attached hydrogens (tertiary/aromatic N) is 4. The van der Waals surface area contributed by atoms with Gasteiger partial charge in [0, 0.05) is 36.4 Å². The molecule has 1 aliphatic rings. The van der Waals surface area contributed by atoms with Crippen molar-refractivity contribution in [2.45, 2.75) is 12.8 Å². The van der Waals surface area contributed by atoms with Crippen molar-refractivity contribution in [3.63, 3.8) is 0 Å². The van der Waals surface area contributed by atoms with Crippen molar-refractivity contribution in [2.24, 2.45) is 5.73 Å². The molecule has 0 spiro atoms. The average Bonchev–Trinajstić information content (AvgIpc) is 3.16. The quantitative estimate of drug-likeness (QED) is 0.643. The minimum Gasteiger partial charge on any atom is -0.491 e. The minimum atomic E-state index is -0.373. The van der Waals surface area contributed by atoms with E-state index in [9.17, 15) is 4.79 Å². The van der Waals surface area contributed by atoms with Crippen molar-refractivity contribution in [1.82, 2.24) is 14.9 Å². The number of hydrogen-bond donors (Lipinski definition) is 1. The summed E-state index contributed by atoms with van der Waals surface area (Å²) in [4.78, 5) is 24.6. The van der Waals surface area contributed by atoms with Crippen LogP contribution < -0.4 is 15.4 Å². The number of primary amides is 1. The molecule has 3 aromatic rings. The van der Waals surface area contributed by atoms with Crippen LogP contribution in [0.3, 0.4) is 0 Å². The fraction of sp³-hybridized carbons (Fsp3) is 0.381. The van der Waals surface area contributed by atoms with Gasteiger partial charge in [-0.05, 0) is 53.9 Å². The summed E-state index contributed by atoms with van der Waals surface area (Å²) in [6, 6.07) is 5.72. The Morgan fingerprint density at radius 1 is 1.28 bits per heavy atom. The number of aromatic nitrogens is 2. The molecule has 0 bridgehead atoms. The third-order valence-corrected chi connectivity index (χ3v) is 6.42. The second-order valence-corrected chi connectivity index (χ2v) is 8.09. The molecule has 2 N–H and O–H groups in total. The number of ether oxygens (including phenoxy) is 1. The van der Waals surface area contributed by atoms with E-state index in [1.165, 1.54) is 10.3 Å². The van der Waals surface area contributed by atoms with E-state index >= 15 is 0 Å². The van der Waals surface area contributed by atoms with Gasteiger partial charge in [0.2, 0.25) is 5.91 Å². The first-order chi connectivity index (χ1) is 14.2. The summed E-state index contributed by atoms with van der Waals surface area (Å²) < 4.78 is 6.59. The fourth-order valence-electron chi connectivity index (χ4n) is 3.80. The van der Waals surface area contributed by atoms with Gasteiger partial charge in [-0.15, -0.1) is 11.3 Å². The molecule has 1 amide bonds. The van der Waals surface area contributed by atoms with Crippen molar-refractivity contribution < 1.29 is 9.53 Å². The SMILES string of the molecule is COc1cncnc1N1CCN(CCCc2csc3ccc(C(N)=O)cc23)CC1. The van der Waals surface area contributed by atoms with Gasteiger partial charge >= 0.3 is 0 Å². The van der Waals surface area contributed by atoms with Gasteiger partial charge in [0.1, 0.15) is 6.33 Å². The van der Waals surface area contributed by atoms with Gasteiger partial charge in [0.15, 0.2) is 11.6 Å². The third-order valence-electron chi connectivity index (χ3n) is 5.41. The first-order valence-corrected chi connectivity index (χ1v) is 10.6. The Morgan fingerprint density at radius 3 is 2.86 bits per heavy atom. The second kappa shape index (κ2) is 8.75.